The number of nitrogens with one attached hydrogen (secondary N) is 2. The van der Waals surface area contributed by atoms with E-state index in [0.29, 0.717) is 10.8 Å². The predicted molar refractivity (Wildman–Crippen MR) is 104 cm³/mol. The fourth-order valence-corrected chi connectivity index (χ4v) is 3.61. The molecule has 4 rings (SSSR count). The largest absolute Gasteiger partial charge is 0.356 e. The fraction of sp³-hybridized carbons (Fsp3) is 0.316. The van der Waals surface area contributed by atoms with E-state index in [2.05, 4.69) is 46.7 Å². The molecule has 2 aromatic rings. The monoisotopic (exact) mass is 352 g/mol. The van der Waals surface area contributed by atoms with E-state index in [1.807, 2.05) is 6.08 Å². The number of rotatable bonds is 2. The molecule has 0 radical (unpaired) electrons. The average molecular weight is 352 g/mol. The van der Waals surface area contributed by atoms with Crippen molar-refractivity contribution in [1.82, 2.24) is 15.6 Å². The zero-order valence-corrected chi connectivity index (χ0v) is 14.9. The first-order valence-corrected chi connectivity index (χ1v) is 9.01. The van der Waals surface area contributed by atoms with Gasteiger partial charge >= 0.3 is 0 Å². The highest BCUT2D eigenvalue weighted by atomic mass is 32.1. The maximum Gasteiger partial charge on any atom is 0.273 e. The lowest BCUT2D eigenvalue weighted by molar-refractivity contribution is -0.115. The first kappa shape index (κ1) is 16.0. The molecule has 2 aliphatic heterocycles. The van der Waals surface area contributed by atoms with Crippen molar-refractivity contribution in [3.05, 3.63) is 41.1 Å². The molecule has 128 valence electrons. The average Bonchev–Trinajstić information content (AvgIpc) is 2.92. The van der Waals surface area contributed by atoms with Crippen LogP contribution in [0.3, 0.4) is 0 Å². The van der Waals surface area contributed by atoms with Crippen LogP contribution in [0.15, 0.2) is 30.0 Å². The summed E-state index contributed by atoms with van der Waals surface area (Å²) < 4.78 is 0. The number of fused-ring (bicyclic) bond motifs is 1. The van der Waals surface area contributed by atoms with Crippen LogP contribution in [0.1, 0.15) is 30.4 Å². The number of nitrogens with zero attached hydrogens (tertiary/aromatic N) is 2. The smallest absolute Gasteiger partial charge is 0.273 e. The third kappa shape index (κ3) is 3.22. The number of amides is 1. The van der Waals surface area contributed by atoms with Crippen molar-refractivity contribution in [2.75, 3.05) is 18.0 Å². The summed E-state index contributed by atoms with van der Waals surface area (Å²) in [5.41, 5.74) is 3.59. The van der Waals surface area contributed by atoms with Crippen LogP contribution in [0.5, 0.6) is 0 Å². The topological polar surface area (TPSA) is 57.3 Å². The quantitative estimate of drug-likeness (QED) is 0.643. The number of thiocarbonyl (C=S) groups is 1. The van der Waals surface area contributed by atoms with Crippen molar-refractivity contribution in [2.45, 2.75) is 26.2 Å². The van der Waals surface area contributed by atoms with Crippen LogP contribution >= 0.6 is 12.2 Å². The number of pyridine rings is 1. The van der Waals surface area contributed by atoms with E-state index in [-0.39, 0.29) is 5.91 Å². The molecule has 1 aromatic carbocycles. The minimum absolute atomic E-state index is 0.195. The molecule has 2 fully saturated rings. The van der Waals surface area contributed by atoms with Crippen molar-refractivity contribution in [2.24, 2.45) is 0 Å². The lowest BCUT2D eigenvalue weighted by Crippen LogP contribution is -2.30. The minimum atomic E-state index is -0.195. The van der Waals surface area contributed by atoms with Crippen LogP contribution in [0.4, 0.5) is 5.82 Å². The van der Waals surface area contributed by atoms with E-state index in [9.17, 15) is 4.79 Å². The lowest BCUT2D eigenvalue weighted by Gasteiger charge is -2.29. The van der Waals surface area contributed by atoms with Crippen molar-refractivity contribution >= 4 is 46.0 Å². The Balaban J connectivity index is 1.85. The molecule has 2 N–H and O–H groups in total. The molecule has 0 spiro atoms. The number of hydrogen-bond donors (Lipinski definition) is 2. The summed E-state index contributed by atoms with van der Waals surface area (Å²) in [7, 11) is 0. The Kier molecular flexibility index (Phi) is 4.13. The first-order valence-electron chi connectivity index (χ1n) is 8.60. The summed E-state index contributed by atoms with van der Waals surface area (Å²) in [4.78, 5) is 19.3. The molecule has 0 aliphatic carbocycles. The number of benzene rings is 1. The van der Waals surface area contributed by atoms with Crippen LogP contribution in [0.2, 0.25) is 0 Å². The molecule has 1 aromatic heterocycles. The molecule has 5 nitrogen and oxygen atoms in total. The molecule has 0 saturated carbocycles. The number of piperidine rings is 1. The maximum atomic E-state index is 12.0. The number of anilines is 1. The molecule has 6 heteroatoms. The Morgan fingerprint density at radius 3 is 2.68 bits per heavy atom. The standard InChI is InChI=1S/C19H20N4OS/c1-12-5-6-15-13(9-12)10-14(11-16-18(24)22-19(25)21-16)17(20-15)23-7-3-2-4-8-23/h5-6,9-11H,2-4,7-8H2,1H3,(H2,21,22,24,25). The van der Waals surface area contributed by atoms with Crippen LogP contribution in [-0.4, -0.2) is 29.1 Å². The summed E-state index contributed by atoms with van der Waals surface area (Å²) in [6.45, 7) is 4.07. The van der Waals surface area contributed by atoms with Gasteiger partial charge in [0.2, 0.25) is 0 Å². The molecule has 3 heterocycles. The highest BCUT2D eigenvalue weighted by molar-refractivity contribution is 7.80. The van der Waals surface area contributed by atoms with Gasteiger partial charge in [0.05, 0.1) is 5.52 Å². The van der Waals surface area contributed by atoms with Crippen molar-refractivity contribution in [3.8, 4) is 0 Å². The molecule has 2 saturated heterocycles. The number of carbonyl (C=O) groups is 1. The van der Waals surface area contributed by atoms with Crippen LogP contribution < -0.4 is 15.5 Å². The first-order chi connectivity index (χ1) is 12.1. The lowest BCUT2D eigenvalue weighted by atomic mass is 10.1. The predicted octanol–water partition coefficient (Wildman–Crippen LogP) is 2.88. The second-order valence-corrected chi connectivity index (χ2v) is 7.02. The zero-order chi connectivity index (χ0) is 17.4. The minimum Gasteiger partial charge on any atom is -0.356 e. The van der Waals surface area contributed by atoms with Crippen LogP contribution in [-0.2, 0) is 4.79 Å². The highest BCUT2D eigenvalue weighted by Gasteiger charge is 2.22. The molecular weight excluding hydrogens is 332 g/mol. The third-order valence-corrected chi connectivity index (χ3v) is 4.86. The van der Waals surface area contributed by atoms with E-state index in [0.717, 1.165) is 35.4 Å². The molecule has 0 bridgehead atoms. The summed E-state index contributed by atoms with van der Waals surface area (Å²) in [6.07, 6.45) is 5.46. The Morgan fingerprint density at radius 1 is 1.16 bits per heavy atom. The normalized spacial score (nSPS) is 19.4. The van der Waals surface area contributed by atoms with Crippen molar-refractivity contribution in [1.29, 1.82) is 0 Å². The second kappa shape index (κ2) is 6.44. The molecular formula is C19H20N4OS. The third-order valence-electron chi connectivity index (χ3n) is 4.65. The van der Waals surface area contributed by atoms with Crippen molar-refractivity contribution in [3.63, 3.8) is 0 Å². The molecule has 1 amide bonds. The van der Waals surface area contributed by atoms with Gasteiger partial charge in [-0.15, -0.1) is 0 Å². The number of hydrogen-bond acceptors (Lipinski definition) is 4. The van der Waals surface area contributed by atoms with Gasteiger partial charge in [-0.2, -0.15) is 0 Å². The van der Waals surface area contributed by atoms with Gasteiger partial charge in [-0.3, -0.25) is 10.1 Å². The van der Waals surface area contributed by atoms with Gasteiger partial charge in [-0.05, 0) is 62.7 Å². The molecule has 0 atom stereocenters. The van der Waals surface area contributed by atoms with Gasteiger partial charge in [-0.1, -0.05) is 11.6 Å². The Morgan fingerprint density at radius 2 is 1.96 bits per heavy atom. The van der Waals surface area contributed by atoms with E-state index >= 15 is 0 Å². The number of aromatic nitrogens is 1. The zero-order valence-electron chi connectivity index (χ0n) is 14.1. The van der Waals surface area contributed by atoms with E-state index < -0.39 is 0 Å². The number of aryl methyl sites for hydroxylation is 1. The number of carbonyl (C=O) groups excluding carboxylic acids is 1. The van der Waals surface area contributed by atoms with E-state index in [1.54, 1.807) is 0 Å². The SMILES string of the molecule is Cc1ccc2nc(N3CCCCC3)c(C=C3NC(=S)NC3=O)cc2c1. The van der Waals surface area contributed by atoms with Crippen LogP contribution in [0, 0.1) is 6.92 Å². The summed E-state index contributed by atoms with van der Waals surface area (Å²) in [5, 5.41) is 6.96. The Hall–Kier alpha value is -2.47. The fourth-order valence-electron chi connectivity index (χ4n) is 3.41. The van der Waals surface area contributed by atoms with Gasteiger partial charge in [0.1, 0.15) is 11.5 Å². The van der Waals surface area contributed by atoms with E-state index in [1.165, 1.54) is 24.8 Å². The maximum absolute atomic E-state index is 12.0. The molecule has 2 aliphatic rings. The van der Waals surface area contributed by atoms with Gasteiger partial charge < -0.3 is 10.2 Å². The van der Waals surface area contributed by atoms with Crippen LogP contribution in [0.25, 0.3) is 17.0 Å². The Bertz CT molecular complexity index is 900. The van der Waals surface area contributed by atoms with E-state index in [4.69, 9.17) is 17.2 Å². The summed E-state index contributed by atoms with van der Waals surface area (Å²) >= 11 is 5.03. The summed E-state index contributed by atoms with van der Waals surface area (Å²) in [5.74, 6) is 0.745. The Labute approximate surface area is 152 Å². The summed E-state index contributed by atoms with van der Waals surface area (Å²) in [6, 6.07) is 8.38. The van der Waals surface area contributed by atoms with Gasteiger partial charge in [0, 0.05) is 24.0 Å². The van der Waals surface area contributed by atoms with Gasteiger partial charge in [0.15, 0.2) is 5.11 Å². The second-order valence-electron chi connectivity index (χ2n) is 6.61. The van der Waals surface area contributed by atoms with Gasteiger partial charge in [-0.25, -0.2) is 4.98 Å². The van der Waals surface area contributed by atoms with Crippen molar-refractivity contribution < 1.29 is 4.79 Å². The molecule has 25 heavy (non-hydrogen) atoms. The van der Waals surface area contributed by atoms with Gasteiger partial charge in [0.25, 0.3) is 5.91 Å². The highest BCUT2D eigenvalue weighted by Crippen LogP contribution is 2.28. The molecule has 0 unspecified atom stereocenters.